The summed E-state index contributed by atoms with van der Waals surface area (Å²) in [6, 6.07) is 0. The van der Waals surface area contributed by atoms with E-state index in [9.17, 15) is 0 Å². The SMILES string of the molecule is CCOCOC1CC/C=C\CC/C=C\CCC1. The quantitative estimate of drug-likeness (QED) is 0.415. The molecule has 1 atom stereocenters. The average Bonchev–Trinajstić information content (AvgIpc) is 2.32. The summed E-state index contributed by atoms with van der Waals surface area (Å²) in [4.78, 5) is 0. The lowest BCUT2D eigenvalue weighted by Gasteiger charge is -2.17. The van der Waals surface area contributed by atoms with Crippen LogP contribution < -0.4 is 0 Å². The van der Waals surface area contributed by atoms with E-state index in [1.54, 1.807) is 0 Å². The van der Waals surface area contributed by atoms with E-state index in [4.69, 9.17) is 9.47 Å². The van der Waals surface area contributed by atoms with Gasteiger partial charge < -0.3 is 9.47 Å². The van der Waals surface area contributed by atoms with Crippen LogP contribution in [0.25, 0.3) is 0 Å². The van der Waals surface area contributed by atoms with E-state index in [0.29, 0.717) is 12.9 Å². The molecule has 0 aromatic rings. The van der Waals surface area contributed by atoms with Gasteiger partial charge in [-0.25, -0.2) is 0 Å². The molecule has 0 amide bonds. The van der Waals surface area contributed by atoms with Crippen LogP contribution in [0.3, 0.4) is 0 Å². The molecular formula is C15H26O2. The van der Waals surface area contributed by atoms with Crippen LogP contribution in [0.2, 0.25) is 0 Å². The van der Waals surface area contributed by atoms with Crippen molar-refractivity contribution in [1.82, 2.24) is 0 Å². The summed E-state index contributed by atoms with van der Waals surface area (Å²) >= 11 is 0. The van der Waals surface area contributed by atoms with Crippen molar-refractivity contribution in [1.29, 1.82) is 0 Å². The van der Waals surface area contributed by atoms with E-state index in [0.717, 1.165) is 25.9 Å². The molecule has 98 valence electrons. The molecule has 0 bridgehead atoms. The van der Waals surface area contributed by atoms with Gasteiger partial charge in [0.15, 0.2) is 0 Å². The van der Waals surface area contributed by atoms with Crippen LogP contribution in [0.1, 0.15) is 51.9 Å². The van der Waals surface area contributed by atoms with Gasteiger partial charge in [0.05, 0.1) is 6.10 Å². The fraction of sp³-hybridized carbons (Fsp3) is 0.733. The van der Waals surface area contributed by atoms with Crippen LogP contribution in [0.4, 0.5) is 0 Å². The molecule has 1 aliphatic carbocycles. The topological polar surface area (TPSA) is 18.5 Å². The highest BCUT2D eigenvalue weighted by molar-refractivity contribution is 4.89. The van der Waals surface area contributed by atoms with Crippen LogP contribution in [-0.2, 0) is 9.47 Å². The molecule has 0 aliphatic heterocycles. The van der Waals surface area contributed by atoms with Crippen molar-refractivity contribution in [3.8, 4) is 0 Å². The lowest BCUT2D eigenvalue weighted by Crippen LogP contribution is -2.15. The number of ether oxygens (including phenoxy) is 2. The molecule has 1 aliphatic rings. The molecule has 0 heterocycles. The second kappa shape index (κ2) is 10.5. The Labute approximate surface area is 106 Å². The molecule has 0 spiro atoms. The first-order valence-corrected chi connectivity index (χ1v) is 6.92. The Balaban J connectivity index is 2.28. The van der Waals surface area contributed by atoms with Gasteiger partial charge in [-0.05, 0) is 51.9 Å². The van der Waals surface area contributed by atoms with Crippen molar-refractivity contribution in [3.05, 3.63) is 24.3 Å². The maximum Gasteiger partial charge on any atom is 0.147 e. The zero-order valence-corrected chi connectivity index (χ0v) is 11.1. The van der Waals surface area contributed by atoms with Gasteiger partial charge in [-0.2, -0.15) is 0 Å². The Morgan fingerprint density at radius 3 is 2.41 bits per heavy atom. The second-order valence-corrected chi connectivity index (χ2v) is 4.43. The summed E-state index contributed by atoms with van der Waals surface area (Å²) in [5.74, 6) is 0. The number of rotatable bonds is 4. The summed E-state index contributed by atoms with van der Waals surface area (Å²) in [5, 5.41) is 0. The Bertz CT molecular complexity index is 221. The van der Waals surface area contributed by atoms with Gasteiger partial charge in [-0.15, -0.1) is 0 Å². The Morgan fingerprint density at radius 2 is 1.65 bits per heavy atom. The number of hydrogen-bond donors (Lipinski definition) is 0. The highest BCUT2D eigenvalue weighted by Gasteiger charge is 2.07. The first-order chi connectivity index (χ1) is 8.43. The fourth-order valence-electron chi connectivity index (χ4n) is 1.95. The first kappa shape index (κ1) is 14.5. The van der Waals surface area contributed by atoms with Crippen LogP contribution in [0, 0.1) is 0 Å². The largest absolute Gasteiger partial charge is 0.356 e. The lowest BCUT2D eigenvalue weighted by atomic mass is 10.1. The highest BCUT2D eigenvalue weighted by atomic mass is 16.7. The van der Waals surface area contributed by atoms with Crippen molar-refractivity contribution in [2.45, 2.75) is 58.0 Å². The molecule has 0 N–H and O–H groups in total. The second-order valence-electron chi connectivity index (χ2n) is 4.43. The maximum atomic E-state index is 5.75. The van der Waals surface area contributed by atoms with Gasteiger partial charge in [-0.3, -0.25) is 0 Å². The number of allylic oxidation sites excluding steroid dienone is 4. The third-order valence-electron chi connectivity index (χ3n) is 2.98. The van der Waals surface area contributed by atoms with Crippen molar-refractivity contribution in [2.75, 3.05) is 13.4 Å². The summed E-state index contributed by atoms with van der Waals surface area (Å²) in [6.45, 7) is 3.17. The van der Waals surface area contributed by atoms with Crippen LogP contribution in [0.15, 0.2) is 24.3 Å². The van der Waals surface area contributed by atoms with Crippen molar-refractivity contribution < 1.29 is 9.47 Å². The molecular weight excluding hydrogens is 212 g/mol. The highest BCUT2D eigenvalue weighted by Crippen LogP contribution is 2.13. The molecule has 0 aromatic carbocycles. The van der Waals surface area contributed by atoms with Crippen LogP contribution in [-0.4, -0.2) is 19.5 Å². The molecule has 2 nitrogen and oxygen atoms in total. The lowest BCUT2D eigenvalue weighted by molar-refractivity contribution is -0.0903. The van der Waals surface area contributed by atoms with Gasteiger partial charge >= 0.3 is 0 Å². The predicted octanol–water partition coefficient (Wildman–Crippen LogP) is 4.22. The summed E-state index contributed by atoms with van der Waals surface area (Å²) < 4.78 is 11.0. The fourth-order valence-corrected chi connectivity index (χ4v) is 1.95. The van der Waals surface area contributed by atoms with Crippen LogP contribution in [0.5, 0.6) is 0 Å². The summed E-state index contributed by atoms with van der Waals surface area (Å²) in [6.07, 6.45) is 17.7. The smallest absolute Gasteiger partial charge is 0.147 e. The van der Waals surface area contributed by atoms with Gasteiger partial charge in [0.2, 0.25) is 0 Å². The van der Waals surface area contributed by atoms with E-state index in [2.05, 4.69) is 24.3 Å². The molecule has 2 heteroatoms. The third kappa shape index (κ3) is 8.17. The minimum absolute atomic E-state index is 0.360. The summed E-state index contributed by atoms with van der Waals surface area (Å²) in [7, 11) is 0. The predicted molar refractivity (Wildman–Crippen MR) is 72.0 cm³/mol. The van der Waals surface area contributed by atoms with E-state index < -0.39 is 0 Å². The van der Waals surface area contributed by atoms with E-state index >= 15 is 0 Å². The van der Waals surface area contributed by atoms with Gasteiger partial charge in [0, 0.05) is 6.61 Å². The van der Waals surface area contributed by atoms with Gasteiger partial charge in [0.1, 0.15) is 6.79 Å². The molecule has 17 heavy (non-hydrogen) atoms. The standard InChI is InChI=1S/C15H26O2/c1-2-16-14-17-15-12-10-8-6-4-3-5-7-9-11-13-15/h4,6-7,9,15H,2-3,5,8,10-14H2,1H3/b6-4-,9-7-. The molecule has 0 saturated carbocycles. The van der Waals surface area contributed by atoms with Crippen molar-refractivity contribution in [3.63, 3.8) is 0 Å². The Kier molecular flexibility index (Phi) is 8.97. The van der Waals surface area contributed by atoms with Crippen molar-refractivity contribution in [2.24, 2.45) is 0 Å². The molecule has 0 aromatic heterocycles. The zero-order chi connectivity index (χ0) is 12.2. The first-order valence-electron chi connectivity index (χ1n) is 6.92. The molecule has 1 rings (SSSR count). The Morgan fingerprint density at radius 1 is 0.941 bits per heavy atom. The number of hydrogen-bond acceptors (Lipinski definition) is 2. The van der Waals surface area contributed by atoms with Crippen molar-refractivity contribution >= 4 is 0 Å². The van der Waals surface area contributed by atoms with Crippen LogP contribution >= 0.6 is 0 Å². The minimum Gasteiger partial charge on any atom is -0.356 e. The van der Waals surface area contributed by atoms with E-state index in [1.165, 1.54) is 25.7 Å². The normalized spacial score (nSPS) is 26.8. The monoisotopic (exact) mass is 238 g/mol. The summed E-state index contributed by atoms with van der Waals surface area (Å²) in [5.41, 5.74) is 0. The molecule has 0 radical (unpaired) electrons. The molecule has 1 unspecified atom stereocenters. The average molecular weight is 238 g/mol. The van der Waals surface area contributed by atoms with Gasteiger partial charge in [-0.1, -0.05) is 24.3 Å². The Hall–Kier alpha value is -0.600. The maximum absolute atomic E-state index is 5.75. The van der Waals surface area contributed by atoms with E-state index in [1.807, 2.05) is 6.92 Å². The zero-order valence-electron chi connectivity index (χ0n) is 11.1. The molecule has 0 fully saturated rings. The molecule has 0 saturated heterocycles. The van der Waals surface area contributed by atoms with Gasteiger partial charge in [0.25, 0.3) is 0 Å². The minimum atomic E-state index is 0.360. The van der Waals surface area contributed by atoms with E-state index in [-0.39, 0.29) is 0 Å². The third-order valence-corrected chi connectivity index (χ3v) is 2.98.